The summed E-state index contributed by atoms with van der Waals surface area (Å²) in [4.78, 5) is 40.7. The van der Waals surface area contributed by atoms with Crippen molar-refractivity contribution in [1.29, 1.82) is 0 Å². The standard InChI is InChI=1S/C20H19FN4O3S/c1-24(16(26)12-29-15-10-6-5-9-14(15)21)17-18(22)25(20(28)23-19(17)27)11-13-7-3-2-4-8-13/h2-10H,11-12,22H2,1H3,(H,23,27,28). The third-order valence-electron chi connectivity index (χ3n) is 4.29. The highest BCUT2D eigenvalue weighted by Crippen LogP contribution is 2.23. The van der Waals surface area contributed by atoms with Crippen LogP contribution >= 0.6 is 11.8 Å². The highest BCUT2D eigenvalue weighted by Gasteiger charge is 2.21. The van der Waals surface area contributed by atoms with Crippen LogP contribution in [0.15, 0.2) is 69.1 Å². The molecular weight excluding hydrogens is 395 g/mol. The van der Waals surface area contributed by atoms with E-state index in [1.165, 1.54) is 17.7 Å². The molecule has 150 valence electrons. The molecule has 0 bridgehead atoms. The lowest BCUT2D eigenvalue weighted by atomic mass is 10.2. The van der Waals surface area contributed by atoms with Gasteiger partial charge in [-0.05, 0) is 17.7 Å². The summed E-state index contributed by atoms with van der Waals surface area (Å²) < 4.78 is 14.9. The number of aromatic amines is 1. The minimum absolute atomic E-state index is 0.103. The van der Waals surface area contributed by atoms with Gasteiger partial charge >= 0.3 is 5.69 Å². The Morgan fingerprint density at radius 1 is 1.14 bits per heavy atom. The number of anilines is 2. The number of H-pyrrole nitrogens is 1. The number of nitrogen functional groups attached to an aromatic ring is 1. The molecule has 3 N–H and O–H groups in total. The minimum atomic E-state index is -0.761. The fourth-order valence-electron chi connectivity index (χ4n) is 2.75. The Hall–Kier alpha value is -3.33. The molecule has 0 radical (unpaired) electrons. The Bertz CT molecular complexity index is 1140. The summed E-state index contributed by atoms with van der Waals surface area (Å²) in [5.74, 6) is -1.11. The summed E-state index contributed by atoms with van der Waals surface area (Å²) in [6.45, 7) is 0.140. The minimum Gasteiger partial charge on any atom is -0.383 e. The number of hydrogen-bond acceptors (Lipinski definition) is 5. The molecule has 9 heteroatoms. The van der Waals surface area contributed by atoms with Gasteiger partial charge in [0.05, 0.1) is 12.3 Å². The van der Waals surface area contributed by atoms with Crippen molar-refractivity contribution in [1.82, 2.24) is 9.55 Å². The van der Waals surface area contributed by atoms with Gasteiger partial charge in [-0.1, -0.05) is 42.5 Å². The van der Waals surface area contributed by atoms with Gasteiger partial charge in [0.2, 0.25) is 5.91 Å². The molecule has 1 heterocycles. The number of thioether (sulfide) groups is 1. The second kappa shape index (κ2) is 8.78. The van der Waals surface area contributed by atoms with Crippen LogP contribution in [0.1, 0.15) is 5.56 Å². The lowest BCUT2D eigenvalue weighted by Crippen LogP contribution is -2.40. The van der Waals surface area contributed by atoms with Crippen LogP contribution in [0.5, 0.6) is 0 Å². The molecule has 0 aliphatic heterocycles. The van der Waals surface area contributed by atoms with E-state index in [1.54, 1.807) is 18.2 Å². The van der Waals surface area contributed by atoms with Crippen LogP contribution in [0.25, 0.3) is 0 Å². The van der Waals surface area contributed by atoms with Crippen molar-refractivity contribution in [2.24, 2.45) is 0 Å². The fraction of sp³-hybridized carbons (Fsp3) is 0.150. The molecule has 3 aromatic rings. The third-order valence-corrected chi connectivity index (χ3v) is 5.33. The molecule has 29 heavy (non-hydrogen) atoms. The maximum Gasteiger partial charge on any atom is 0.330 e. The van der Waals surface area contributed by atoms with E-state index in [0.29, 0.717) is 4.90 Å². The average molecular weight is 414 g/mol. The number of nitrogens with zero attached hydrogens (tertiary/aromatic N) is 2. The first-order valence-electron chi connectivity index (χ1n) is 8.69. The molecule has 0 aliphatic carbocycles. The smallest absolute Gasteiger partial charge is 0.330 e. The molecule has 2 aromatic carbocycles. The van der Waals surface area contributed by atoms with Crippen molar-refractivity contribution < 1.29 is 9.18 Å². The second-order valence-electron chi connectivity index (χ2n) is 6.24. The van der Waals surface area contributed by atoms with Crippen LogP contribution in [0.2, 0.25) is 0 Å². The average Bonchev–Trinajstić information content (AvgIpc) is 2.71. The number of amides is 1. The van der Waals surface area contributed by atoms with Crippen molar-refractivity contribution in [3.8, 4) is 0 Å². The quantitative estimate of drug-likeness (QED) is 0.602. The van der Waals surface area contributed by atoms with Gasteiger partial charge in [-0.2, -0.15) is 0 Å². The molecule has 0 atom stereocenters. The van der Waals surface area contributed by atoms with E-state index in [2.05, 4.69) is 4.98 Å². The number of hydrogen-bond donors (Lipinski definition) is 2. The Balaban J connectivity index is 1.86. The molecule has 0 saturated heterocycles. The predicted molar refractivity (Wildman–Crippen MR) is 112 cm³/mol. The van der Waals surface area contributed by atoms with Crippen LogP contribution in [-0.2, 0) is 11.3 Å². The number of halogens is 1. The first-order valence-corrected chi connectivity index (χ1v) is 9.67. The van der Waals surface area contributed by atoms with E-state index in [9.17, 15) is 18.8 Å². The number of benzene rings is 2. The molecule has 0 spiro atoms. The van der Waals surface area contributed by atoms with E-state index >= 15 is 0 Å². The summed E-state index contributed by atoms with van der Waals surface area (Å²) in [6, 6.07) is 15.2. The van der Waals surface area contributed by atoms with Crippen LogP contribution in [0, 0.1) is 5.82 Å². The Morgan fingerprint density at radius 2 is 1.79 bits per heavy atom. The van der Waals surface area contributed by atoms with Crippen molar-refractivity contribution >= 4 is 29.2 Å². The number of nitrogens with one attached hydrogen (secondary N) is 1. The first-order chi connectivity index (χ1) is 13.9. The lowest BCUT2D eigenvalue weighted by Gasteiger charge is -2.20. The lowest BCUT2D eigenvalue weighted by molar-refractivity contribution is -0.115. The van der Waals surface area contributed by atoms with E-state index in [1.807, 2.05) is 30.3 Å². The summed E-state index contributed by atoms with van der Waals surface area (Å²) in [6.07, 6.45) is 0. The number of carbonyl (C=O) groups is 1. The number of rotatable bonds is 6. The first kappa shape index (κ1) is 20.4. The Morgan fingerprint density at radius 3 is 2.48 bits per heavy atom. The largest absolute Gasteiger partial charge is 0.383 e. The summed E-state index contributed by atoms with van der Waals surface area (Å²) in [5, 5.41) is 0. The molecule has 0 fully saturated rings. The molecule has 0 aliphatic rings. The van der Waals surface area contributed by atoms with Crippen molar-refractivity contribution in [3.05, 3.63) is 86.8 Å². The van der Waals surface area contributed by atoms with Gasteiger partial charge in [0.25, 0.3) is 5.56 Å². The highest BCUT2D eigenvalue weighted by atomic mass is 32.2. The monoisotopic (exact) mass is 414 g/mol. The fourth-order valence-corrected chi connectivity index (χ4v) is 3.60. The van der Waals surface area contributed by atoms with Gasteiger partial charge in [-0.25, -0.2) is 9.18 Å². The predicted octanol–water partition coefficient (Wildman–Crippen LogP) is 2.06. The van der Waals surface area contributed by atoms with Gasteiger partial charge in [0, 0.05) is 11.9 Å². The Labute approximate surface area is 170 Å². The number of nitrogens with two attached hydrogens (primary N) is 1. The van der Waals surface area contributed by atoms with Crippen molar-refractivity contribution in [3.63, 3.8) is 0 Å². The maximum absolute atomic E-state index is 13.7. The van der Waals surface area contributed by atoms with Gasteiger partial charge in [0.15, 0.2) is 5.69 Å². The molecule has 3 rings (SSSR count). The van der Waals surface area contributed by atoms with E-state index in [-0.39, 0.29) is 23.8 Å². The molecule has 0 saturated carbocycles. The topological polar surface area (TPSA) is 101 Å². The maximum atomic E-state index is 13.7. The molecular formula is C20H19FN4O3S. The van der Waals surface area contributed by atoms with E-state index in [0.717, 1.165) is 22.2 Å². The highest BCUT2D eigenvalue weighted by molar-refractivity contribution is 8.00. The van der Waals surface area contributed by atoms with Gasteiger partial charge < -0.3 is 10.6 Å². The van der Waals surface area contributed by atoms with E-state index in [4.69, 9.17) is 5.73 Å². The van der Waals surface area contributed by atoms with Gasteiger partial charge in [0.1, 0.15) is 11.6 Å². The van der Waals surface area contributed by atoms with Crippen molar-refractivity contribution in [2.45, 2.75) is 11.4 Å². The third kappa shape index (κ3) is 4.57. The Kier molecular flexibility index (Phi) is 6.18. The van der Waals surface area contributed by atoms with Crippen LogP contribution < -0.4 is 21.9 Å². The normalized spacial score (nSPS) is 10.7. The SMILES string of the molecule is CN(C(=O)CSc1ccccc1F)c1c(N)n(Cc2ccccc2)c(=O)[nH]c1=O. The second-order valence-corrected chi connectivity index (χ2v) is 7.25. The summed E-state index contributed by atoms with van der Waals surface area (Å²) in [5.41, 5.74) is 5.34. The summed E-state index contributed by atoms with van der Waals surface area (Å²) >= 11 is 1.01. The van der Waals surface area contributed by atoms with Crippen LogP contribution in [0.4, 0.5) is 15.9 Å². The van der Waals surface area contributed by atoms with Gasteiger partial charge in [-0.3, -0.25) is 19.1 Å². The van der Waals surface area contributed by atoms with Crippen molar-refractivity contribution in [2.75, 3.05) is 23.4 Å². The summed E-state index contributed by atoms with van der Waals surface area (Å²) in [7, 11) is 1.39. The number of carbonyl (C=O) groups excluding carboxylic acids is 1. The zero-order valence-electron chi connectivity index (χ0n) is 15.6. The van der Waals surface area contributed by atoms with Gasteiger partial charge in [-0.15, -0.1) is 11.8 Å². The molecule has 7 nitrogen and oxygen atoms in total. The molecule has 1 amide bonds. The molecule has 1 aromatic heterocycles. The zero-order valence-corrected chi connectivity index (χ0v) is 16.4. The van der Waals surface area contributed by atoms with Crippen LogP contribution in [-0.4, -0.2) is 28.3 Å². The zero-order chi connectivity index (χ0) is 21.0. The van der Waals surface area contributed by atoms with E-state index < -0.39 is 23.0 Å². The van der Waals surface area contributed by atoms with Crippen LogP contribution in [0.3, 0.4) is 0 Å². The molecule has 0 unspecified atom stereocenters. The number of aromatic nitrogens is 2.